The van der Waals surface area contributed by atoms with E-state index in [2.05, 4.69) is 5.32 Å². The molecule has 1 heterocycles. The van der Waals surface area contributed by atoms with Gasteiger partial charge in [0.2, 0.25) is 0 Å². The van der Waals surface area contributed by atoms with Gasteiger partial charge >= 0.3 is 5.97 Å². The first-order valence-corrected chi connectivity index (χ1v) is 3.24. The van der Waals surface area contributed by atoms with Crippen molar-refractivity contribution >= 4 is 5.97 Å². The third-order valence-electron chi connectivity index (χ3n) is 1.58. The second kappa shape index (κ2) is 4.52. The molecule has 0 aromatic carbocycles. The van der Waals surface area contributed by atoms with Crippen LogP contribution in [0.15, 0.2) is 0 Å². The van der Waals surface area contributed by atoms with Gasteiger partial charge in [-0.25, -0.2) is 0 Å². The van der Waals surface area contributed by atoms with Crippen LogP contribution in [0, 0.1) is 0 Å². The van der Waals surface area contributed by atoms with E-state index >= 15 is 0 Å². The molecule has 0 bridgehead atoms. The fourth-order valence-electron chi connectivity index (χ4n) is 1.14. The van der Waals surface area contributed by atoms with E-state index in [0.717, 1.165) is 19.4 Å². The van der Waals surface area contributed by atoms with Crippen molar-refractivity contribution in [1.82, 2.24) is 5.32 Å². The van der Waals surface area contributed by atoms with Crippen LogP contribution < -0.4 is 17.7 Å². The maximum atomic E-state index is 10.1. The van der Waals surface area contributed by atoms with Crippen LogP contribution in [0.4, 0.5) is 0 Å². The molecule has 0 aromatic rings. The predicted molar refractivity (Wildman–Crippen MR) is 33.3 cm³/mol. The number of halogens is 1. The number of carboxylic acid groups (broad SMARTS) is 1. The van der Waals surface area contributed by atoms with E-state index in [1.165, 1.54) is 0 Å². The Balaban J connectivity index is 0.000000810. The van der Waals surface area contributed by atoms with Crippen molar-refractivity contribution in [1.29, 1.82) is 0 Å². The first kappa shape index (κ1) is 9.72. The van der Waals surface area contributed by atoms with Gasteiger partial charge in [0.05, 0.1) is 6.42 Å². The standard InChI is InChI=1S/C6H11NO2.ClH/c8-6(9)4-5-2-1-3-7-5;/h5,7H,1-4H2,(H,8,9);1H/p-1/t5-;/m0./s1. The van der Waals surface area contributed by atoms with E-state index in [1.807, 2.05) is 0 Å². The minimum absolute atomic E-state index is 0. The van der Waals surface area contributed by atoms with Crippen molar-refractivity contribution < 1.29 is 22.3 Å². The van der Waals surface area contributed by atoms with E-state index in [1.54, 1.807) is 0 Å². The molecule has 1 saturated heterocycles. The molecule has 10 heavy (non-hydrogen) atoms. The summed E-state index contributed by atoms with van der Waals surface area (Å²) in [4.78, 5) is 10.1. The zero-order chi connectivity index (χ0) is 6.69. The monoisotopic (exact) mass is 164 g/mol. The molecule has 4 heteroatoms. The van der Waals surface area contributed by atoms with Gasteiger partial charge in [-0.1, -0.05) is 0 Å². The van der Waals surface area contributed by atoms with E-state index in [9.17, 15) is 4.79 Å². The van der Waals surface area contributed by atoms with Gasteiger partial charge in [-0.15, -0.1) is 0 Å². The van der Waals surface area contributed by atoms with Gasteiger partial charge in [-0.2, -0.15) is 0 Å². The van der Waals surface area contributed by atoms with Crippen LogP contribution in [0.5, 0.6) is 0 Å². The number of nitrogens with one attached hydrogen (secondary N) is 1. The van der Waals surface area contributed by atoms with Crippen molar-refractivity contribution in [2.24, 2.45) is 0 Å². The van der Waals surface area contributed by atoms with Gasteiger partial charge in [0.25, 0.3) is 0 Å². The molecule has 1 atom stereocenters. The van der Waals surface area contributed by atoms with Gasteiger partial charge < -0.3 is 22.8 Å². The summed E-state index contributed by atoms with van der Waals surface area (Å²) < 4.78 is 0. The van der Waals surface area contributed by atoms with Crippen molar-refractivity contribution in [2.45, 2.75) is 25.3 Å². The molecule has 0 saturated carbocycles. The summed E-state index contributed by atoms with van der Waals surface area (Å²) in [6.45, 7) is 0.984. The fraction of sp³-hybridized carbons (Fsp3) is 0.833. The Morgan fingerprint density at radius 1 is 1.70 bits per heavy atom. The molecule has 60 valence electrons. The first-order valence-electron chi connectivity index (χ1n) is 3.24. The lowest BCUT2D eigenvalue weighted by Gasteiger charge is -2.03. The predicted octanol–water partition coefficient (Wildman–Crippen LogP) is -2.78. The Bertz CT molecular complexity index is 112. The Morgan fingerprint density at radius 3 is 2.80 bits per heavy atom. The molecule has 0 amide bonds. The smallest absolute Gasteiger partial charge is 0.304 e. The van der Waals surface area contributed by atoms with Crippen molar-refractivity contribution in [3.05, 3.63) is 0 Å². The zero-order valence-electron chi connectivity index (χ0n) is 5.64. The van der Waals surface area contributed by atoms with Crippen molar-refractivity contribution in [3.8, 4) is 0 Å². The molecule has 1 aliphatic rings. The topological polar surface area (TPSA) is 49.3 Å². The van der Waals surface area contributed by atoms with Crippen LogP contribution in [-0.4, -0.2) is 23.7 Å². The third kappa shape index (κ3) is 3.03. The minimum atomic E-state index is -0.700. The molecular formula is C6H11ClNO2-. The van der Waals surface area contributed by atoms with Crippen LogP contribution >= 0.6 is 0 Å². The fourth-order valence-corrected chi connectivity index (χ4v) is 1.14. The SMILES string of the molecule is O=C(O)C[C@@H]1CCCN1.[Cl-]. The molecule has 0 spiro atoms. The van der Waals surface area contributed by atoms with E-state index in [-0.39, 0.29) is 24.9 Å². The second-order valence-electron chi connectivity index (χ2n) is 2.39. The highest BCUT2D eigenvalue weighted by Gasteiger charge is 2.16. The van der Waals surface area contributed by atoms with Crippen LogP contribution in [-0.2, 0) is 4.79 Å². The molecule has 2 N–H and O–H groups in total. The maximum Gasteiger partial charge on any atom is 0.304 e. The summed E-state index contributed by atoms with van der Waals surface area (Å²) in [6, 6.07) is 0.238. The van der Waals surface area contributed by atoms with Crippen LogP contribution in [0.2, 0.25) is 0 Å². The zero-order valence-corrected chi connectivity index (χ0v) is 6.40. The molecule has 0 aromatic heterocycles. The molecule has 0 aliphatic carbocycles. The minimum Gasteiger partial charge on any atom is -1.00 e. The van der Waals surface area contributed by atoms with Crippen molar-refractivity contribution in [3.63, 3.8) is 0 Å². The Hall–Kier alpha value is -0.280. The Morgan fingerprint density at radius 2 is 2.40 bits per heavy atom. The largest absolute Gasteiger partial charge is 1.00 e. The Kier molecular flexibility index (Phi) is 4.40. The molecule has 1 fully saturated rings. The summed E-state index contributed by atoms with van der Waals surface area (Å²) in [7, 11) is 0. The summed E-state index contributed by atoms with van der Waals surface area (Å²) in [6.07, 6.45) is 2.42. The maximum absolute atomic E-state index is 10.1. The quantitative estimate of drug-likeness (QED) is 0.464. The highest BCUT2D eigenvalue weighted by Crippen LogP contribution is 2.07. The summed E-state index contributed by atoms with van der Waals surface area (Å²) in [5.41, 5.74) is 0. The number of carboxylic acids is 1. The van der Waals surface area contributed by atoms with Gasteiger partial charge in [0.15, 0.2) is 0 Å². The molecule has 0 unspecified atom stereocenters. The highest BCUT2D eigenvalue weighted by atomic mass is 35.5. The summed E-state index contributed by atoms with van der Waals surface area (Å²) in [5, 5.41) is 11.4. The number of carbonyl (C=O) groups is 1. The highest BCUT2D eigenvalue weighted by molar-refractivity contribution is 5.67. The van der Waals surface area contributed by atoms with E-state index < -0.39 is 5.97 Å². The second-order valence-corrected chi connectivity index (χ2v) is 2.39. The van der Waals surface area contributed by atoms with Crippen LogP contribution in [0.25, 0.3) is 0 Å². The Labute approximate surface area is 66.2 Å². The molecule has 0 radical (unpaired) electrons. The average Bonchev–Trinajstić information content (AvgIpc) is 2.15. The van der Waals surface area contributed by atoms with Crippen molar-refractivity contribution in [2.75, 3.05) is 6.54 Å². The normalized spacial score (nSPS) is 23.8. The van der Waals surface area contributed by atoms with Crippen LogP contribution in [0.3, 0.4) is 0 Å². The molecule has 1 rings (SSSR count). The third-order valence-corrected chi connectivity index (χ3v) is 1.58. The molecule has 1 aliphatic heterocycles. The lowest BCUT2D eigenvalue weighted by Crippen LogP contribution is -3.00. The lowest BCUT2D eigenvalue weighted by molar-refractivity contribution is -0.137. The number of hydrogen-bond acceptors (Lipinski definition) is 2. The van der Waals surface area contributed by atoms with Gasteiger partial charge in [-0.05, 0) is 19.4 Å². The van der Waals surface area contributed by atoms with Gasteiger partial charge in [0.1, 0.15) is 0 Å². The number of rotatable bonds is 2. The molecule has 3 nitrogen and oxygen atoms in total. The average molecular weight is 165 g/mol. The van der Waals surface area contributed by atoms with E-state index in [0.29, 0.717) is 0 Å². The summed E-state index contributed by atoms with van der Waals surface area (Å²) >= 11 is 0. The summed E-state index contributed by atoms with van der Waals surface area (Å²) in [5.74, 6) is -0.700. The first-order chi connectivity index (χ1) is 4.29. The number of hydrogen-bond donors (Lipinski definition) is 2. The molecular weight excluding hydrogens is 154 g/mol. The van der Waals surface area contributed by atoms with E-state index in [4.69, 9.17) is 5.11 Å². The lowest BCUT2D eigenvalue weighted by atomic mass is 10.2. The van der Waals surface area contributed by atoms with Gasteiger partial charge in [0, 0.05) is 6.04 Å². The van der Waals surface area contributed by atoms with Gasteiger partial charge in [-0.3, -0.25) is 4.79 Å². The number of aliphatic carboxylic acids is 1. The van der Waals surface area contributed by atoms with Crippen LogP contribution in [0.1, 0.15) is 19.3 Å².